The van der Waals surface area contributed by atoms with Crippen LogP contribution in [0.25, 0.3) is 0 Å². The van der Waals surface area contributed by atoms with Crippen molar-refractivity contribution in [3.63, 3.8) is 0 Å². The van der Waals surface area contributed by atoms with Gasteiger partial charge in [-0.15, -0.1) is 0 Å². The molecule has 1 aromatic heterocycles. The highest BCUT2D eigenvalue weighted by Gasteiger charge is 2.48. The molecule has 0 amide bonds. The molecule has 160 valence electrons. The summed E-state index contributed by atoms with van der Waals surface area (Å²) < 4.78 is 56.3. The summed E-state index contributed by atoms with van der Waals surface area (Å²) in [5.74, 6) is -6.63. The zero-order valence-corrected chi connectivity index (χ0v) is 15.4. The third-order valence-corrected chi connectivity index (χ3v) is 5.12. The molecule has 1 saturated heterocycles. The van der Waals surface area contributed by atoms with Crippen LogP contribution in [0.15, 0.2) is 6.07 Å². The van der Waals surface area contributed by atoms with Crippen molar-refractivity contribution in [3.8, 4) is 5.88 Å². The quantitative estimate of drug-likeness (QED) is 0.687. The molecule has 3 rings (SSSR count). The van der Waals surface area contributed by atoms with Gasteiger partial charge in [0, 0.05) is 18.9 Å². The van der Waals surface area contributed by atoms with Crippen molar-refractivity contribution in [2.75, 3.05) is 13.2 Å². The summed E-state index contributed by atoms with van der Waals surface area (Å²) >= 11 is 0. The third kappa shape index (κ3) is 4.13. The van der Waals surface area contributed by atoms with Crippen molar-refractivity contribution >= 4 is 11.9 Å². The van der Waals surface area contributed by atoms with Crippen LogP contribution < -0.4 is 4.74 Å². The molecular formula is C17H19F3N2O7. The van der Waals surface area contributed by atoms with Crippen LogP contribution in [0.3, 0.4) is 0 Å². The van der Waals surface area contributed by atoms with E-state index in [2.05, 4.69) is 9.97 Å². The van der Waals surface area contributed by atoms with Crippen LogP contribution >= 0.6 is 0 Å². The second-order valence-corrected chi connectivity index (χ2v) is 7.07. The number of halogens is 3. The van der Waals surface area contributed by atoms with Crippen LogP contribution in [0, 0.1) is 0 Å². The molecule has 0 aromatic carbocycles. The van der Waals surface area contributed by atoms with Gasteiger partial charge in [-0.2, -0.15) is 18.2 Å². The highest BCUT2D eigenvalue weighted by Crippen LogP contribution is 2.38. The van der Waals surface area contributed by atoms with Gasteiger partial charge in [0.1, 0.15) is 6.10 Å². The third-order valence-electron chi connectivity index (χ3n) is 5.12. The lowest BCUT2D eigenvalue weighted by Gasteiger charge is -2.35. The Bertz CT molecular complexity index is 785. The number of ether oxygens (including phenoxy) is 3. The van der Waals surface area contributed by atoms with E-state index in [1.165, 1.54) is 0 Å². The molecule has 1 aliphatic carbocycles. The van der Waals surface area contributed by atoms with Gasteiger partial charge in [-0.05, 0) is 19.8 Å². The van der Waals surface area contributed by atoms with E-state index in [1.54, 1.807) is 0 Å². The normalized spacial score (nSPS) is 20.0. The minimum atomic E-state index is -5.02. The van der Waals surface area contributed by atoms with E-state index in [-0.39, 0.29) is 0 Å². The molecule has 12 heteroatoms. The summed E-state index contributed by atoms with van der Waals surface area (Å²) in [4.78, 5) is 29.4. The number of nitrogens with zero attached hydrogens (tertiary/aromatic N) is 2. The summed E-state index contributed by atoms with van der Waals surface area (Å²) in [6.07, 6.45) is -3.76. The minimum absolute atomic E-state index is 0.413. The average molecular weight is 420 g/mol. The Hall–Kier alpha value is -2.47. The average Bonchev–Trinajstić information content (AvgIpc) is 3.10. The highest BCUT2D eigenvalue weighted by atomic mass is 19.4. The second-order valence-electron chi connectivity index (χ2n) is 7.07. The maximum Gasteiger partial charge on any atom is 0.451 e. The first-order chi connectivity index (χ1) is 13.5. The van der Waals surface area contributed by atoms with Crippen molar-refractivity contribution in [2.24, 2.45) is 0 Å². The Morgan fingerprint density at radius 3 is 2.17 bits per heavy atom. The highest BCUT2D eigenvalue weighted by molar-refractivity contribution is 6.03. The van der Waals surface area contributed by atoms with Crippen molar-refractivity contribution in [2.45, 2.75) is 56.1 Å². The summed E-state index contributed by atoms with van der Waals surface area (Å²) in [7, 11) is 0. The predicted octanol–water partition coefficient (Wildman–Crippen LogP) is 1.99. The van der Waals surface area contributed by atoms with Gasteiger partial charge in [-0.25, -0.2) is 4.98 Å². The molecule has 0 radical (unpaired) electrons. The number of carbonyl (C=O) groups is 2. The molecule has 1 aliphatic heterocycles. The number of carboxylic acid groups (broad SMARTS) is 2. The van der Waals surface area contributed by atoms with Crippen molar-refractivity contribution in [3.05, 3.63) is 17.6 Å². The number of aromatic nitrogens is 2. The maximum absolute atomic E-state index is 13.2. The van der Waals surface area contributed by atoms with Crippen LogP contribution in [0.4, 0.5) is 13.2 Å². The summed E-state index contributed by atoms with van der Waals surface area (Å²) in [6.45, 7) is 1.69. The van der Waals surface area contributed by atoms with Crippen LogP contribution in [0.5, 0.6) is 5.88 Å². The molecule has 1 saturated carbocycles. The fourth-order valence-electron chi connectivity index (χ4n) is 3.28. The van der Waals surface area contributed by atoms with Gasteiger partial charge in [0.15, 0.2) is 5.79 Å². The lowest BCUT2D eigenvalue weighted by Crippen LogP contribution is -2.42. The van der Waals surface area contributed by atoms with Crippen LogP contribution in [0.2, 0.25) is 0 Å². The number of hydrogen-bond acceptors (Lipinski definition) is 7. The lowest BCUT2D eigenvalue weighted by molar-refractivity contribution is -0.186. The van der Waals surface area contributed by atoms with Gasteiger partial charge in [-0.3, -0.25) is 9.59 Å². The van der Waals surface area contributed by atoms with Crippen LogP contribution in [0.1, 0.15) is 44.1 Å². The Kier molecular flexibility index (Phi) is 5.43. The van der Waals surface area contributed by atoms with Gasteiger partial charge in [0.25, 0.3) is 0 Å². The Morgan fingerprint density at radius 1 is 1.14 bits per heavy atom. The largest absolute Gasteiger partial charge is 0.480 e. The zero-order chi connectivity index (χ0) is 21.4. The fourth-order valence-corrected chi connectivity index (χ4v) is 3.28. The standard InChI is InChI=1S/C17H19F3N2O7/c1-15(13(23)24,14(25)26)10-8-11(22-12(21-10)17(18,19)20)29-9-2-4-16(5-3-9)27-6-7-28-16/h8-9H,2-7H2,1H3,(H,23,24)(H,25,26). The van der Waals surface area contributed by atoms with Crippen molar-refractivity contribution < 1.29 is 47.2 Å². The Balaban J connectivity index is 1.88. The smallest absolute Gasteiger partial charge is 0.451 e. The monoisotopic (exact) mass is 420 g/mol. The molecule has 1 aromatic rings. The molecule has 29 heavy (non-hydrogen) atoms. The Morgan fingerprint density at radius 2 is 1.69 bits per heavy atom. The first-order valence-corrected chi connectivity index (χ1v) is 8.84. The van der Waals surface area contributed by atoms with Gasteiger partial charge in [0.05, 0.1) is 18.9 Å². The molecule has 2 fully saturated rings. The van der Waals surface area contributed by atoms with Crippen LogP contribution in [-0.4, -0.2) is 57.2 Å². The topological polar surface area (TPSA) is 128 Å². The minimum Gasteiger partial charge on any atom is -0.480 e. The van der Waals surface area contributed by atoms with Gasteiger partial charge < -0.3 is 24.4 Å². The second kappa shape index (κ2) is 7.41. The Labute approximate surface area is 162 Å². The van der Waals surface area contributed by atoms with E-state index in [1.807, 2.05) is 0 Å². The van der Waals surface area contributed by atoms with Crippen molar-refractivity contribution in [1.82, 2.24) is 9.97 Å². The maximum atomic E-state index is 13.2. The number of aliphatic carboxylic acids is 2. The number of alkyl halides is 3. The van der Waals surface area contributed by atoms with Crippen molar-refractivity contribution in [1.29, 1.82) is 0 Å². The van der Waals surface area contributed by atoms with Gasteiger partial charge in [0.2, 0.25) is 17.1 Å². The molecule has 2 aliphatic rings. The van der Waals surface area contributed by atoms with Gasteiger partial charge >= 0.3 is 18.1 Å². The number of carboxylic acids is 2. The lowest BCUT2D eigenvalue weighted by atomic mass is 9.86. The molecule has 1 spiro atoms. The fraction of sp³-hybridized carbons (Fsp3) is 0.647. The number of hydrogen-bond donors (Lipinski definition) is 2. The number of rotatable bonds is 5. The summed E-state index contributed by atoms with van der Waals surface area (Å²) in [5, 5.41) is 18.6. The summed E-state index contributed by atoms with van der Waals surface area (Å²) in [6, 6.07) is 0.824. The van der Waals surface area contributed by atoms with E-state index in [0.717, 1.165) is 13.0 Å². The van der Waals surface area contributed by atoms with E-state index < -0.39 is 52.8 Å². The molecular weight excluding hydrogens is 401 g/mol. The molecule has 2 heterocycles. The molecule has 2 N–H and O–H groups in total. The SMILES string of the molecule is CC(C(=O)O)(C(=O)O)c1cc(OC2CCC3(CC2)OCCO3)nc(C(F)(F)F)n1. The molecule has 0 atom stereocenters. The van der Waals surface area contributed by atoms with E-state index in [0.29, 0.717) is 38.9 Å². The summed E-state index contributed by atoms with van der Waals surface area (Å²) in [5.41, 5.74) is -3.53. The first-order valence-electron chi connectivity index (χ1n) is 8.84. The van der Waals surface area contributed by atoms with E-state index in [4.69, 9.17) is 14.2 Å². The zero-order valence-electron chi connectivity index (χ0n) is 15.4. The van der Waals surface area contributed by atoms with Crippen LogP contribution in [-0.2, 0) is 30.7 Å². The van der Waals surface area contributed by atoms with E-state index in [9.17, 15) is 33.0 Å². The molecule has 0 unspecified atom stereocenters. The van der Waals surface area contributed by atoms with E-state index >= 15 is 0 Å². The first kappa shape index (κ1) is 21.2. The molecule has 0 bridgehead atoms. The van der Waals surface area contributed by atoms with Gasteiger partial charge in [-0.1, -0.05) is 0 Å². The molecule has 9 nitrogen and oxygen atoms in total. The predicted molar refractivity (Wildman–Crippen MR) is 87.2 cm³/mol.